The standard InChI is InChI=1S/C14H14N2O5/c1-20-12-5-3-2-4-9(12)11(17)8-21-14(19)10-6-7-13(18)16-15-10/h2-5H,6-8H2,1H3,(H,16,18). The van der Waals surface area contributed by atoms with Crippen LogP contribution in [-0.2, 0) is 14.3 Å². The molecule has 21 heavy (non-hydrogen) atoms. The summed E-state index contributed by atoms with van der Waals surface area (Å²) >= 11 is 0. The van der Waals surface area contributed by atoms with Gasteiger partial charge in [0.2, 0.25) is 11.7 Å². The summed E-state index contributed by atoms with van der Waals surface area (Å²) in [6.07, 6.45) is 0.377. The Morgan fingerprint density at radius 3 is 2.71 bits per heavy atom. The van der Waals surface area contributed by atoms with Gasteiger partial charge in [0.25, 0.3) is 0 Å². The van der Waals surface area contributed by atoms with Crippen molar-refractivity contribution in [2.45, 2.75) is 12.8 Å². The zero-order valence-electron chi connectivity index (χ0n) is 11.4. The summed E-state index contributed by atoms with van der Waals surface area (Å²) in [4.78, 5) is 34.6. The second-order valence-electron chi connectivity index (χ2n) is 4.29. The van der Waals surface area contributed by atoms with E-state index in [0.29, 0.717) is 11.3 Å². The molecule has 7 nitrogen and oxygen atoms in total. The number of hydrogen-bond acceptors (Lipinski definition) is 6. The second kappa shape index (κ2) is 6.65. The summed E-state index contributed by atoms with van der Waals surface area (Å²) in [6.45, 7) is -0.411. The average molecular weight is 290 g/mol. The number of esters is 1. The number of hydrazone groups is 1. The number of para-hydroxylation sites is 1. The Bertz CT molecular complexity index is 609. The molecule has 1 aliphatic heterocycles. The van der Waals surface area contributed by atoms with Gasteiger partial charge in [-0.05, 0) is 12.1 Å². The van der Waals surface area contributed by atoms with Crippen LogP contribution in [0.5, 0.6) is 5.75 Å². The van der Waals surface area contributed by atoms with Crippen molar-refractivity contribution in [2.75, 3.05) is 13.7 Å². The molecule has 1 aromatic rings. The van der Waals surface area contributed by atoms with Gasteiger partial charge in [-0.2, -0.15) is 5.10 Å². The van der Waals surface area contributed by atoms with Crippen molar-refractivity contribution in [2.24, 2.45) is 5.10 Å². The lowest BCUT2D eigenvalue weighted by molar-refractivity contribution is -0.134. The highest BCUT2D eigenvalue weighted by atomic mass is 16.5. The number of ether oxygens (including phenoxy) is 2. The molecular formula is C14H14N2O5. The lowest BCUT2D eigenvalue weighted by Crippen LogP contribution is -2.31. The minimum Gasteiger partial charge on any atom is -0.496 e. The maximum Gasteiger partial charge on any atom is 0.354 e. The fourth-order valence-corrected chi connectivity index (χ4v) is 1.79. The van der Waals surface area contributed by atoms with E-state index in [1.54, 1.807) is 24.3 Å². The van der Waals surface area contributed by atoms with Gasteiger partial charge in [0.15, 0.2) is 6.61 Å². The fraction of sp³-hybridized carbons (Fsp3) is 0.286. The molecule has 1 aliphatic rings. The first-order valence-electron chi connectivity index (χ1n) is 6.30. The minimum absolute atomic E-state index is 0.0995. The number of methoxy groups -OCH3 is 1. The number of amides is 1. The van der Waals surface area contributed by atoms with E-state index in [2.05, 4.69) is 10.5 Å². The molecule has 1 N–H and O–H groups in total. The van der Waals surface area contributed by atoms with E-state index < -0.39 is 12.6 Å². The largest absolute Gasteiger partial charge is 0.496 e. The van der Waals surface area contributed by atoms with Crippen molar-refractivity contribution in [1.82, 2.24) is 5.43 Å². The lowest BCUT2D eigenvalue weighted by atomic mass is 10.1. The van der Waals surface area contributed by atoms with Crippen LogP contribution < -0.4 is 10.2 Å². The molecule has 0 aromatic heterocycles. The predicted octanol–water partition coefficient (Wildman–Crippen LogP) is 0.687. The van der Waals surface area contributed by atoms with Gasteiger partial charge in [-0.1, -0.05) is 12.1 Å². The molecule has 0 saturated carbocycles. The van der Waals surface area contributed by atoms with Crippen LogP contribution in [-0.4, -0.2) is 37.1 Å². The van der Waals surface area contributed by atoms with Crippen LogP contribution in [0, 0.1) is 0 Å². The van der Waals surface area contributed by atoms with Crippen molar-refractivity contribution in [3.8, 4) is 5.75 Å². The van der Waals surface area contributed by atoms with Gasteiger partial charge >= 0.3 is 5.97 Å². The Hall–Kier alpha value is -2.70. The van der Waals surface area contributed by atoms with Gasteiger partial charge in [0.1, 0.15) is 11.5 Å². The molecule has 0 saturated heterocycles. The first-order chi connectivity index (χ1) is 10.1. The number of rotatable bonds is 5. The Morgan fingerprint density at radius 2 is 2.05 bits per heavy atom. The number of benzene rings is 1. The summed E-state index contributed by atoms with van der Waals surface area (Å²) in [6, 6.07) is 6.67. The van der Waals surface area contributed by atoms with E-state index in [1.807, 2.05) is 0 Å². The van der Waals surface area contributed by atoms with E-state index >= 15 is 0 Å². The molecule has 1 aromatic carbocycles. The second-order valence-corrected chi connectivity index (χ2v) is 4.29. The number of carbonyl (C=O) groups excluding carboxylic acids is 3. The quantitative estimate of drug-likeness (QED) is 0.636. The third-order valence-electron chi connectivity index (χ3n) is 2.88. The molecular weight excluding hydrogens is 276 g/mol. The third kappa shape index (κ3) is 3.65. The third-order valence-corrected chi connectivity index (χ3v) is 2.88. The number of carbonyl (C=O) groups is 3. The molecule has 110 valence electrons. The van der Waals surface area contributed by atoms with Crippen LogP contribution in [0.2, 0.25) is 0 Å². The van der Waals surface area contributed by atoms with Gasteiger partial charge in [0.05, 0.1) is 12.7 Å². The van der Waals surface area contributed by atoms with E-state index in [0.717, 1.165) is 0 Å². The summed E-state index contributed by atoms with van der Waals surface area (Å²) in [7, 11) is 1.46. The molecule has 0 spiro atoms. The first kappa shape index (κ1) is 14.7. The Kier molecular flexibility index (Phi) is 4.65. The average Bonchev–Trinajstić information content (AvgIpc) is 2.52. The van der Waals surface area contributed by atoms with Gasteiger partial charge in [-0.3, -0.25) is 9.59 Å². The number of ketones is 1. The van der Waals surface area contributed by atoms with Crippen molar-refractivity contribution >= 4 is 23.4 Å². The van der Waals surface area contributed by atoms with Crippen LogP contribution in [0.4, 0.5) is 0 Å². The van der Waals surface area contributed by atoms with E-state index in [-0.39, 0.29) is 30.2 Å². The molecule has 0 radical (unpaired) electrons. The van der Waals surface area contributed by atoms with Gasteiger partial charge in [-0.15, -0.1) is 0 Å². The highest BCUT2D eigenvalue weighted by Crippen LogP contribution is 2.17. The molecule has 7 heteroatoms. The SMILES string of the molecule is COc1ccccc1C(=O)COC(=O)C1=NNC(=O)CC1. The van der Waals surface area contributed by atoms with Crippen molar-refractivity contribution in [3.05, 3.63) is 29.8 Å². The number of nitrogens with one attached hydrogen (secondary N) is 1. The van der Waals surface area contributed by atoms with Gasteiger partial charge in [-0.25, -0.2) is 10.2 Å². The number of nitrogens with zero attached hydrogens (tertiary/aromatic N) is 1. The molecule has 0 aliphatic carbocycles. The summed E-state index contributed by atoms with van der Waals surface area (Å²) < 4.78 is 9.98. The Morgan fingerprint density at radius 1 is 1.29 bits per heavy atom. The maximum atomic E-state index is 12.0. The molecule has 0 fully saturated rings. The van der Waals surface area contributed by atoms with Gasteiger partial charge < -0.3 is 9.47 Å². The van der Waals surface area contributed by atoms with Crippen LogP contribution in [0.25, 0.3) is 0 Å². The van der Waals surface area contributed by atoms with E-state index in [9.17, 15) is 14.4 Å². The Balaban J connectivity index is 1.95. The summed E-state index contributed by atoms with van der Waals surface area (Å²) in [5.74, 6) is -0.919. The molecule has 1 amide bonds. The molecule has 0 unspecified atom stereocenters. The Labute approximate surface area is 120 Å². The fourth-order valence-electron chi connectivity index (χ4n) is 1.79. The zero-order chi connectivity index (χ0) is 15.2. The molecule has 0 atom stereocenters. The monoisotopic (exact) mass is 290 g/mol. The van der Waals surface area contributed by atoms with Gasteiger partial charge in [0, 0.05) is 12.8 Å². The maximum absolute atomic E-state index is 12.0. The normalized spacial score (nSPS) is 14.0. The highest BCUT2D eigenvalue weighted by molar-refractivity contribution is 6.37. The molecule has 2 rings (SSSR count). The minimum atomic E-state index is -0.710. The van der Waals surface area contributed by atoms with Crippen LogP contribution >= 0.6 is 0 Å². The molecule has 0 bridgehead atoms. The topological polar surface area (TPSA) is 94.1 Å². The summed E-state index contributed by atoms with van der Waals surface area (Å²) in [5.41, 5.74) is 2.63. The number of Topliss-reactive ketones (excluding diaryl/α,β-unsaturated/α-hetero) is 1. The van der Waals surface area contributed by atoms with Crippen LogP contribution in [0.3, 0.4) is 0 Å². The highest BCUT2D eigenvalue weighted by Gasteiger charge is 2.21. The van der Waals surface area contributed by atoms with E-state index in [1.165, 1.54) is 7.11 Å². The van der Waals surface area contributed by atoms with Crippen molar-refractivity contribution < 1.29 is 23.9 Å². The van der Waals surface area contributed by atoms with Crippen molar-refractivity contribution in [1.29, 1.82) is 0 Å². The zero-order valence-corrected chi connectivity index (χ0v) is 11.4. The van der Waals surface area contributed by atoms with E-state index in [4.69, 9.17) is 9.47 Å². The first-order valence-corrected chi connectivity index (χ1v) is 6.30. The summed E-state index contributed by atoms with van der Waals surface area (Å²) in [5, 5.41) is 3.60. The lowest BCUT2D eigenvalue weighted by Gasteiger charge is -2.11. The molecule has 1 heterocycles. The van der Waals surface area contributed by atoms with Crippen LogP contribution in [0.15, 0.2) is 29.4 Å². The smallest absolute Gasteiger partial charge is 0.354 e. The van der Waals surface area contributed by atoms with Crippen molar-refractivity contribution in [3.63, 3.8) is 0 Å². The van der Waals surface area contributed by atoms with Crippen LogP contribution in [0.1, 0.15) is 23.2 Å². The number of hydrogen-bond donors (Lipinski definition) is 1. The predicted molar refractivity (Wildman–Crippen MR) is 73.1 cm³/mol.